The van der Waals surface area contributed by atoms with Crippen LogP contribution in [0.1, 0.15) is 26.2 Å². The maximum absolute atomic E-state index is 12.0. The van der Waals surface area contributed by atoms with E-state index in [0.29, 0.717) is 13.0 Å². The van der Waals surface area contributed by atoms with Crippen molar-refractivity contribution < 1.29 is 17.9 Å². The SMILES string of the molecule is CCOC(=O)NCC1CCCCN1S(=O)(=O)CN=[N+]=[N-]. The number of amides is 1. The van der Waals surface area contributed by atoms with Gasteiger partial charge in [-0.3, -0.25) is 0 Å². The van der Waals surface area contributed by atoms with Crippen LogP contribution in [0.4, 0.5) is 4.79 Å². The first kappa shape index (κ1) is 16.5. The van der Waals surface area contributed by atoms with Crippen molar-refractivity contribution in [1.29, 1.82) is 0 Å². The fourth-order valence-electron chi connectivity index (χ4n) is 2.10. The molecule has 0 aromatic heterocycles. The lowest BCUT2D eigenvalue weighted by Crippen LogP contribution is -2.49. The van der Waals surface area contributed by atoms with Gasteiger partial charge >= 0.3 is 6.09 Å². The second-order valence-corrected chi connectivity index (χ2v) is 6.22. The Kier molecular flexibility index (Phi) is 6.56. The van der Waals surface area contributed by atoms with E-state index in [-0.39, 0.29) is 19.2 Å². The third kappa shape index (κ3) is 4.87. The van der Waals surface area contributed by atoms with Crippen molar-refractivity contribution in [2.24, 2.45) is 5.11 Å². The monoisotopic (exact) mass is 305 g/mol. The molecule has 20 heavy (non-hydrogen) atoms. The van der Waals surface area contributed by atoms with Gasteiger partial charge in [0.25, 0.3) is 0 Å². The lowest BCUT2D eigenvalue weighted by molar-refractivity contribution is 0.147. The Labute approximate surface area is 117 Å². The average Bonchev–Trinajstić information content (AvgIpc) is 2.43. The third-order valence-electron chi connectivity index (χ3n) is 2.97. The summed E-state index contributed by atoms with van der Waals surface area (Å²) in [7, 11) is -3.63. The van der Waals surface area contributed by atoms with Gasteiger partial charge in [0, 0.05) is 24.0 Å². The number of hydrogen-bond donors (Lipinski definition) is 1. The summed E-state index contributed by atoms with van der Waals surface area (Å²) in [5.41, 5.74) is 8.23. The van der Waals surface area contributed by atoms with Gasteiger partial charge in [0.15, 0.2) is 0 Å². The molecular weight excluding hydrogens is 286 g/mol. The van der Waals surface area contributed by atoms with Gasteiger partial charge in [-0.15, -0.1) is 0 Å². The van der Waals surface area contributed by atoms with Crippen molar-refractivity contribution in [3.8, 4) is 0 Å². The number of carbonyl (C=O) groups is 1. The van der Waals surface area contributed by atoms with Gasteiger partial charge in [0.05, 0.1) is 6.61 Å². The van der Waals surface area contributed by atoms with Gasteiger partial charge in [-0.25, -0.2) is 13.2 Å². The number of azide groups is 1. The standard InChI is InChI=1S/C10H19N5O4S/c1-2-19-10(16)12-7-9-5-3-4-6-15(9)20(17,18)8-13-14-11/h9H,2-8H2,1H3,(H,12,16). The van der Waals surface area contributed by atoms with Crippen molar-refractivity contribution in [3.63, 3.8) is 0 Å². The molecule has 9 nitrogen and oxygen atoms in total. The van der Waals surface area contributed by atoms with Crippen molar-refractivity contribution >= 4 is 16.1 Å². The summed E-state index contributed by atoms with van der Waals surface area (Å²) in [5.74, 6) is -0.598. The van der Waals surface area contributed by atoms with Crippen LogP contribution in [0.5, 0.6) is 0 Å². The fourth-order valence-corrected chi connectivity index (χ4v) is 3.49. The molecule has 0 aliphatic carbocycles. The molecular formula is C10H19N5O4S. The van der Waals surface area contributed by atoms with Crippen LogP contribution >= 0.6 is 0 Å². The lowest BCUT2D eigenvalue weighted by atomic mass is 10.1. The van der Waals surface area contributed by atoms with Crippen LogP contribution in [0, 0.1) is 0 Å². The molecule has 0 aromatic rings. The maximum atomic E-state index is 12.0. The summed E-state index contributed by atoms with van der Waals surface area (Å²) in [5, 5.41) is 5.66. The molecule has 0 spiro atoms. The van der Waals surface area contributed by atoms with E-state index in [2.05, 4.69) is 15.3 Å². The lowest BCUT2D eigenvalue weighted by Gasteiger charge is -2.34. The number of piperidine rings is 1. The summed E-state index contributed by atoms with van der Waals surface area (Å²) < 4.78 is 30.1. The topological polar surface area (TPSA) is 124 Å². The molecule has 1 aliphatic rings. The van der Waals surface area contributed by atoms with Gasteiger partial charge in [0.1, 0.15) is 5.88 Å². The number of carbonyl (C=O) groups excluding carboxylic acids is 1. The number of rotatable bonds is 6. The van der Waals surface area contributed by atoms with Crippen LogP contribution in [-0.4, -0.2) is 50.4 Å². The number of ether oxygens (including phenoxy) is 1. The summed E-state index contributed by atoms with van der Waals surface area (Å²) in [6.45, 7) is 2.51. The zero-order valence-electron chi connectivity index (χ0n) is 11.4. The van der Waals surface area contributed by atoms with Gasteiger partial charge in [-0.05, 0) is 25.3 Å². The van der Waals surface area contributed by atoms with Crippen molar-refractivity contribution in [2.45, 2.75) is 32.2 Å². The molecule has 1 fully saturated rings. The average molecular weight is 305 g/mol. The van der Waals surface area contributed by atoms with E-state index in [9.17, 15) is 13.2 Å². The van der Waals surface area contributed by atoms with Gasteiger partial charge in [-0.2, -0.15) is 4.31 Å². The molecule has 1 heterocycles. The molecule has 114 valence electrons. The second kappa shape index (κ2) is 7.93. The zero-order chi connectivity index (χ0) is 15.0. The van der Waals surface area contributed by atoms with Crippen LogP contribution in [0.25, 0.3) is 10.4 Å². The first-order valence-electron chi connectivity index (χ1n) is 6.42. The van der Waals surface area contributed by atoms with Crippen LogP contribution < -0.4 is 5.32 Å². The normalized spacial score (nSPS) is 19.9. The Bertz CT molecular complexity index is 474. The summed E-state index contributed by atoms with van der Waals surface area (Å²) >= 11 is 0. The van der Waals surface area contributed by atoms with Gasteiger partial charge < -0.3 is 10.1 Å². The zero-order valence-corrected chi connectivity index (χ0v) is 12.2. The molecule has 1 saturated heterocycles. The number of hydrogen-bond acceptors (Lipinski definition) is 5. The van der Waals surface area contributed by atoms with Crippen LogP contribution in [0.15, 0.2) is 5.11 Å². The maximum Gasteiger partial charge on any atom is 0.407 e. The first-order valence-corrected chi connectivity index (χ1v) is 8.03. The molecule has 1 amide bonds. The van der Waals surface area contributed by atoms with E-state index < -0.39 is 22.0 Å². The summed E-state index contributed by atoms with van der Waals surface area (Å²) in [6.07, 6.45) is 1.74. The first-order chi connectivity index (χ1) is 9.51. The van der Waals surface area contributed by atoms with E-state index in [1.807, 2.05) is 0 Å². The molecule has 0 bridgehead atoms. The van der Waals surface area contributed by atoms with Crippen molar-refractivity contribution in [3.05, 3.63) is 10.4 Å². The van der Waals surface area contributed by atoms with E-state index in [4.69, 9.17) is 10.3 Å². The summed E-state index contributed by atoms with van der Waals surface area (Å²) in [4.78, 5) is 13.7. The van der Waals surface area contributed by atoms with Gasteiger partial charge in [-0.1, -0.05) is 11.5 Å². The Hall–Kier alpha value is -1.51. The third-order valence-corrected chi connectivity index (χ3v) is 4.61. The molecule has 1 rings (SSSR count). The Morgan fingerprint density at radius 2 is 2.30 bits per heavy atom. The minimum absolute atomic E-state index is 0.189. The molecule has 0 radical (unpaired) electrons. The van der Waals surface area contributed by atoms with Crippen molar-refractivity contribution in [1.82, 2.24) is 9.62 Å². The van der Waals surface area contributed by atoms with Gasteiger partial charge in [0.2, 0.25) is 10.0 Å². The molecule has 1 unspecified atom stereocenters. The second-order valence-electron chi connectivity index (χ2n) is 4.33. The quantitative estimate of drug-likeness (QED) is 0.449. The molecule has 0 aromatic carbocycles. The molecule has 1 N–H and O–H groups in total. The van der Waals surface area contributed by atoms with Crippen LogP contribution in [0.3, 0.4) is 0 Å². The smallest absolute Gasteiger partial charge is 0.407 e. The van der Waals surface area contributed by atoms with E-state index in [1.54, 1.807) is 6.92 Å². The van der Waals surface area contributed by atoms with E-state index >= 15 is 0 Å². The predicted molar refractivity (Wildman–Crippen MR) is 72.3 cm³/mol. The Morgan fingerprint density at radius 1 is 1.55 bits per heavy atom. The highest BCUT2D eigenvalue weighted by atomic mass is 32.2. The minimum atomic E-state index is -3.63. The Morgan fingerprint density at radius 3 is 2.95 bits per heavy atom. The highest BCUT2D eigenvalue weighted by molar-refractivity contribution is 7.89. The fraction of sp³-hybridized carbons (Fsp3) is 0.900. The molecule has 0 saturated carbocycles. The molecule has 1 atom stereocenters. The van der Waals surface area contributed by atoms with E-state index in [0.717, 1.165) is 12.8 Å². The highest BCUT2D eigenvalue weighted by Crippen LogP contribution is 2.20. The number of nitrogens with zero attached hydrogens (tertiary/aromatic N) is 4. The summed E-state index contributed by atoms with van der Waals surface area (Å²) in [6, 6.07) is -0.327. The molecule has 10 heteroatoms. The van der Waals surface area contributed by atoms with Crippen LogP contribution in [-0.2, 0) is 14.8 Å². The highest BCUT2D eigenvalue weighted by Gasteiger charge is 2.31. The van der Waals surface area contributed by atoms with E-state index in [1.165, 1.54) is 4.31 Å². The Balaban J connectivity index is 2.66. The number of nitrogens with one attached hydrogen (secondary N) is 1. The largest absolute Gasteiger partial charge is 0.450 e. The van der Waals surface area contributed by atoms with Crippen LogP contribution in [0.2, 0.25) is 0 Å². The predicted octanol–water partition coefficient (Wildman–Crippen LogP) is 1.18. The number of sulfonamides is 1. The van der Waals surface area contributed by atoms with Crippen molar-refractivity contribution in [2.75, 3.05) is 25.6 Å². The minimum Gasteiger partial charge on any atom is -0.450 e. The number of alkyl carbamates (subject to hydrolysis) is 1. The molecule has 1 aliphatic heterocycles.